The molecule has 0 saturated carbocycles. The Morgan fingerprint density at radius 3 is 2.09 bits per heavy atom. The quantitative estimate of drug-likeness (QED) is 0.800. The monoisotopic (exact) mass is 322 g/mol. The average molecular weight is 323 g/mol. The Morgan fingerprint density at radius 2 is 1.55 bits per heavy atom. The molecule has 0 unspecified atom stereocenters. The molecule has 1 aliphatic rings. The van der Waals surface area contributed by atoms with E-state index in [-0.39, 0.29) is 17.7 Å². The van der Waals surface area contributed by atoms with Crippen LogP contribution in [-0.4, -0.2) is 53.0 Å². The fraction of sp³-hybridized carbons (Fsp3) is 0.438. The minimum absolute atomic E-state index is 0.0336. The van der Waals surface area contributed by atoms with Gasteiger partial charge in [0, 0.05) is 43.2 Å². The Hall–Kier alpha value is -1.88. The SMILES string of the molecule is CC(C)C(=O)N1CCN(C(=O)c2cccc(C(=O)Cl)c2)CC1. The van der Waals surface area contributed by atoms with Crippen molar-refractivity contribution in [1.82, 2.24) is 9.80 Å². The molecule has 1 aliphatic heterocycles. The lowest BCUT2D eigenvalue weighted by Gasteiger charge is -2.35. The number of amides is 2. The maximum atomic E-state index is 12.5. The number of hydrogen-bond acceptors (Lipinski definition) is 3. The van der Waals surface area contributed by atoms with E-state index in [9.17, 15) is 14.4 Å². The molecule has 6 heteroatoms. The van der Waals surface area contributed by atoms with Crippen molar-refractivity contribution in [3.8, 4) is 0 Å². The highest BCUT2D eigenvalue weighted by molar-refractivity contribution is 6.67. The van der Waals surface area contributed by atoms with Crippen LogP contribution < -0.4 is 0 Å². The summed E-state index contributed by atoms with van der Waals surface area (Å²) < 4.78 is 0. The van der Waals surface area contributed by atoms with E-state index < -0.39 is 5.24 Å². The second-order valence-corrected chi connectivity index (χ2v) is 5.97. The summed E-state index contributed by atoms with van der Waals surface area (Å²) in [5.74, 6) is -0.0630. The highest BCUT2D eigenvalue weighted by Gasteiger charge is 2.26. The lowest BCUT2D eigenvalue weighted by molar-refractivity contribution is -0.135. The van der Waals surface area contributed by atoms with Crippen LogP contribution in [0.25, 0.3) is 0 Å². The van der Waals surface area contributed by atoms with Gasteiger partial charge in [-0.3, -0.25) is 14.4 Å². The fourth-order valence-corrected chi connectivity index (χ4v) is 2.57. The first-order valence-corrected chi connectivity index (χ1v) is 7.66. The van der Waals surface area contributed by atoms with Gasteiger partial charge in [-0.15, -0.1) is 0 Å². The van der Waals surface area contributed by atoms with Gasteiger partial charge in [-0.25, -0.2) is 0 Å². The normalized spacial score (nSPS) is 15.1. The molecular formula is C16H19ClN2O3. The predicted molar refractivity (Wildman–Crippen MR) is 83.9 cm³/mol. The van der Waals surface area contributed by atoms with E-state index in [1.807, 2.05) is 13.8 Å². The number of hydrogen-bond donors (Lipinski definition) is 0. The van der Waals surface area contributed by atoms with Gasteiger partial charge < -0.3 is 9.80 Å². The fourth-order valence-electron chi connectivity index (χ4n) is 2.45. The van der Waals surface area contributed by atoms with Gasteiger partial charge in [-0.05, 0) is 23.7 Å². The largest absolute Gasteiger partial charge is 0.339 e. The molecule has 5 nitrogen and oxygen atoms in total. The van der Waals surface area contributed by atoms with Crippen molar-refractivity contribution in [2.24, 2.45) is 5.92 Å². The van der Waals surface area contributed by atoms with Gasteiger partial charge in [-0.1, -0.05) is 26.0 Å². The number of piperazine rings is 1. The van der Waals surface area contributed by atoms with Gasteiger partial charge in [0.15, 0.2) is 0 Å². The summed E-state index contributed by atoms with van der Waals surface area (Å²) in [7, 11) is 0. The Kier molecular flexibility index (Phi) is 5.19. The van der Waals surface area contributed by atoms with Crippen molar-refractivity contribution in [1.29, 1.82) is 0 Å². The van der Waals surface area contributed by atoms with Gasteiger partial charge in [0.05, 0.1) is 0 Å². The summed E-state index contributed by atoms with van der Waals surface area (Å²) in [4.78, 5) is 39.0. The second kappa shape index (κ2) is 6.92. The third kappa shape index (κ3) is 3.65. The molecule has 2 rings (SSSR count). The van der Waals surface area contributed by atoms with E-state index in [1.165, 1.54) is 6.07 Å². The topological polar surface area (TPSA) is 57.7 Å². The maximum Gasteiger partial charge on any atom is 0.253 e. The van der Waals surface area contributed by atoms with Crippen LogP contribution >= 0.6 is 11.6 Å². The van der Waals surface area contributed by atoms with Crippen LogP contribution in [-0.2, 0) is 4.79 Å². The Labute approximate surface area is 134 Å². The van der Waals surface area contributed by atoms with E-state index in [4.69, 9.17) is 11.6 Å². The van der Waals surface area contributed by atoms with Gasteiger partial charge in [0.1, 0.15) is 0 Å². The minimum Gasteiger partial charge on any atom is -0.339 e. The number of rotatable bonds is 3. The zero-order valence-corrected chi connectivity index (χ0v) is 13.5. The van der Waals surface area contributed by atoms with Crippen molar-refractivity contribution in [2.75, 3.05) is 26.2 Å². The molecule has 0 N–H and O–H groups in total. The molecule has 1 aromatic carbocycles. The number of carbonyl (C=O) groups is 3. The molecule has 0 atom stereocenters. The summed E-state index contributed by atoms with van der Waals surface area (Å²) >= 11 is 5.44. The summed E-state index contributed by atoms with van der Waals surface area (Å²) in [6.45, 7) is 5.81. The Balaban J connectivity index is 2.02. The highest BCUT2D eigenvalue weighted by Crippen LogP contribution is 2.13. The first-order chi connectivity index (χ1) is 10.4. The molecule has 1 heterocycles. The van der Waals surface area contributed by atoms with Crippen molar-refractivity contribution in [2.45, 2.75) is 13.8 Å². The predicted octanol–water partition coefficient (Wildman–Crippen LogP) is 2.01. The summed E-state index contributed by atoms with van der Waals surface area (Å²) in [5.41, 5.74) is 0.747. The molecular weight excluding hydrogens is 304 g/mol. The molecule has 2 amide bonds. The zero-order valence-electron chi connectivity index (χ0n) is 12.7. The van der Waals surface area contributed by atoms with Crippen molar-refractivity contribution in [3.63, 3.8) is 0 Å². The first kappa shape index (κ1) is 16.5. The summed E-state index contributed by atoms with van der Waals surface area (Å²) in [5, 5.41) is -0.581. The van der Waals surface area contributed by atoms with Crippen LogP contribution in [0.15, 0.2) is 24.3 Å². The maximum absolute atomic E-state index is 12.5. The molecule has 0 aliphatic carbocycles. The second-order valence-electron chi connectivity index (χ2n) is 5.63. The molecule has 0 aromatic heterocycles. The van der Waals surface area contributed by atoms with Crippen LogP contribution in [0.1, 0.15) is 34.6 Å². The molecule has 0 spiro atoms. The van der Waals surface area contributed by atoms with Crippen LogP contribution in [0.2, 0.25) is 0 Å². The van der Waals surface area contributed by atoms with Crippen molar-refractivity contribution < 1.29 is 14.4 Å². The lowest BCUT2D eigenvalue weighted by atomic mass is 10.1. The summed E-state index contributed by atoms with van der Waals surface area (Å²) in [6.07, 6.45) is 0. The molecule has 1 saturated heterocycles. The third-order valence-electron chi connectivity index (χ3n) is 3.71. The highest BCUT2D eigenvalue weighted by atomic mass is 35.5. The van der Waals surface area contributed by atoms with E-state index in [2.05, 4.69) is 0 Å². The average Bonchev–Trinajstić information content (AvgIpc) is 2.53. The molecule has 1 aromatic rings. The number of benzene rings is 1. The summed E-state index contributed by atoms with van der Waals surface area (Å²) in [6, 6.07) is 6.38. The number of nitrogens with zero attached hydrogens (tertiary/aromatic N) is 2. The zero-order chi connectivity index (χ0) is 16.3. The van der Waals surface area contributed by atoms with E-state index in [0.29, 0.717) is 37.3 Å². The number of carbonyl (C=O) groups excluding carboxylic acids is 3. The first-order valence-electron chi connectivity index (χ1n) is 7.28. The van der Waals surface area contributed by atoms with Crippen LogP contribution in [0.3, 0.4) is 0 Å². The smallest absolute Gasteiger partial charge is 0.253 e. The minimum atomic E-state index is -0.581. The van der Waals surface area contributed by atoms with Crippen molar-refractivity contribution >= 4 is 28.7 Å². The Bertz CT molecular complexity index is 593. The van der Waals surface area contributed by atoms with Gasteiger partial charge in [-0.2, -0.15) is 0 Å². The third-order valence-corrected chi connectivity index (χ3v) is 3.93. The van der Waals surface area contributed by atoms with E-state index in [1.54, 1.807) is 28.0 Å². The molecule has 0 radical (unpaired) electrons. The van der Waals surface area contributed by atoms with Gasteiger partial charge in [0.25, 0.3) is 11.1 Å². The van der Waals surface area contributed by atoms with Gasteiger partial charge >= 0.3 is 0 Å². The van der Waals surface area contributed by atoms with E-state index in [0.717, 1.165) is 0 Å². The van der Waals surface area contributed by atoms with Crippen LogP contribution in [0.5, 0.6) is 0 Å². The molecule has 22 heavy (non-hydrogen) atoms. The Morgan fingerprint density at radius 1 is 1.00 bits per heavy atom. The standard InChI is InChI=1S/C16H19ClN2O3/c1-11(2)15(21)18-6-8-19(9-7-18)16(22)13-5-3-4-12(10-13)14(17)20/h3-5,10-11H,6-9H2,1-2H3. The van der Waals surface area contributed by atoms with Crippen LogP contribution in [0.4, 0.5) is 0 Å². The van der Waals surface area contributed by atoms with Gasteiger partial charge in [0.2, 0.25) is 5.91 Å². The molecule has 0 bridgehead atoms. The molecule has 118 valence electrons. The lowest BCUT2D eigenvalue weighted by Crippen LogP contribution is -2.51. The van der Waals surface area contributed by atoms with E-state index >= 15 is 0 Å². The molecule has 1 fully saturated rings. The van der Waals surface area contributed by atoms with Crippen molar-refractivity contribution in [3.05, 3.63) is 35.4 Å². The number of halogens is 1. The van der Waals surface area contributed by atoms with Crippen LogP contribution in [0, 0.1) is 5.92 Å².